The van der Waals surface area contributed by atoms with Gasteiger partial charge in [-0.25, -0.2) is 0 Å². The van der Waals surface area contributed by atoms with Crippen molar-refractivity contribution in [2.45, 2.75) is 38.1 Å². The van der Waals surface area contributed by atoms with Crippen LogP contribution >= 0.6 is 0 Å². The first-order valence-electron chi connectivity index (χ1n) is 8.53. The fourth-order valence-electron chi connectivity index (χ4n) is 3.57. The van der Waals surface area contributed by atoms with Gasteiger partial charge < -0.3 is 9.73 Å². The highest BCUT2D eigenvalue weighted by Gasteiger charge is 2.19. The van der Waals surface area contributed by atoms with Gasteiger partial charge in [0.15, 0.2) is 0 Å². The molecule has 1 aliphatic rings. The highest BCUT2D eigenvalue weighted by Crippen LogP contribution is 2.25. The molecule has 1 aromatic heterocycles. The summed E-state index contributed by atoms with van der Waals surface area (Å²) in [5, 5.41) is 14.2. The van der Waals surface area contributed by atoms with Crippen LogP contribution in [0.4, 0.5) is 0 Å². The third-order valence-electron chi connectivity index (χ3n) is 4.86. The van der Waals surface area contributed by atoms with Crippen LogP contribution in [0.5, 0.6) is 0 Å². The van der Waals surface area contributed by atoms with Gasteiger partial charge in [0.1, 0.15) is 11.1 Å². The molecule has 0 saturated heterocycles. The van der Waals surface area contributed by atoms with E-state index in [1.165, 1.54) is 6.42 Å². The van der Waals surface area contributed by atoms with E-state index in [9.17, 15) is 4.79 Å². The SMILES string of the molecule is N=c1oc2ccc3ccccc3c2cc1C(=O)NC1CCCCC1. The molecule has 0 atom stereocenters. The van der Waals surface area contributed by atoms with Crippen LogP contribution < -0.4 is 10.9 Å². The van der Waals surface area contributed by atoms with Crippen LogP contribution in [0, 0.1) is 5.41 Å². The summed E-state index contributed by atoms with van der Waals surface area (Å²) in [7, 11) is 0. The molecule has 0 unspecified atom stereocenters. The second-order valence-corrected chi connectivity index (χ2v) is 6.50. The minimum atomic E-state index is -0.203. The summed E-state index contributed by atoms with van der Waals surface area (Å²) in [4.78, 5) is 12.6. The van der Waals surface area contributed by atoms with Gasteiger partial charge in [-0.1, -0.05) is 49.6 Å². The zero-order chi connectivity index (χ0) is 16.5. The van der Waals surface area contributed by atoms with E-state index in [4.69, 9.17) is 9.83 Å². The molecule has 0 spiro atoms. The van der Waals surface area contributed by atoms with Crippen molar-refractivity contribution in [1.29, 1.82) is 5.41 Å². The van der Waals surface area contributed by atoms with Crippen molar-refractivity contribution in [1.82, 2.24) is 5.32 Å². The number of carbonyl (C=O) groups excluding carboxylic acids is 1. The van der Waals surface area contributed by atoms with E-state index in [0.717, 1.165) is 41.8 Å². The molecule has 1 amide bonds. The predicted octanol–water partition coefficient (Wildman–Crippen LogP) is 4.13. The average molecular weight is 320 g/mol. The summed E-state index contributed by atoms with van der Waals surface area (Å²) in [6.45, 7) is 0. The van der Waals surface area contributed by atoms with Crippen molar-refractivity contribution >= 4 is 27.6 Å². The number of rotatable bonds is 2. The number of amides is 1. The number of carbonyl (C=O) groups is 1. The standard InChI is InChI=1S/C20H20N2O2/c21-19-17(20(23)22-14-7-2-1-3-8-14)12-16-15-9-5-4-6-13(15)10-11-18(16)24-19/h4-6,9-12,14,21H,1-3,7-8H2,(H,22,23). The summed E-state index contributed by atoms with van der Waals surface area (Å²) in [5.74, 6) is -0.203. The van der Waals surface area contributed by atoms with Crippen molar-refractivity contribution in [3.8, 4) is 0 Å². The first kappa shape index (κ1) is 14.9. The Labute approximate surface area is 140 Å². The Hall–Kier alpha value is -2.62. The second-order valence-electron chi connectivity index (χ2n) is 6.50. The van der Waals surface area contributed by atoms with Gasteiger partial charge in [-0.15, -0.1) is 0 Å². The molecule has 0 aliphatic heterocycles. The van der Waals surface area contributed by atoms with E-state index in [-0.39, 0.29) is 17.5 Å². The summed E-state index contributed by atoms with van der Waals surface area (Å²) < 4.78 is 5.62. The van der Waals surface area contributed by atoms with E-state index in [1.54, 1.807) is 6.07 Å². The molecule has 2 N–H and O–H groups in total. The fraction of sp³-hybridized carbons (Fsp3) is 0.300. The van der Waals surface area contributed by atoms with Crippen LogP contribution in [0.2, 0.25) is 0 Å². The summed E-state index contributed by atoms with van der Waals surface area (Å²) in [5.41, 5.74) is 0.864. The Kier molecular flexibility index (Phi) is 3.81. The minimum absolute atomic E-state index is 0.0777. The molecule has 2 aromatic carbocycles. The predicted molar refractivity (Wildman–Crippen MR) is 93.9 cm³/mol. The number of hydrogen-bond donors (Lipinski definition) is 2. The van der Waals surface area contributed by atoms with E-state index in [0.29, 0.717) is 11.1 Å². The molecule has 1 saturated carbocycles. The van der Waals surface area contributed by atoms with Gasteiger partial charge >= 0.3 is 0 Å². The molecular formula is C20H20N2O2. The van der Waals surface area contributed by atoms with Crippen LogP contribution in [0.3, 0.4) is 0 Å². The zero-order valence-corrected chi connectivity index (χ0v) is 13.5. The van der Waals surface area contributed by atoms with Gasteiger partial charge in [0, 0.05) is 11.4 Å². The summed E-state index contributed by atoms with van der Waals surface area (Å²) in [6.07, 6.45) is 5.60. The second kappa shape index (κ2) is 6.11. The lowest BCUT2D eigenvalue weighted by molar-refractivity contribution is 0.0923. The summed E-state index contributed by atoms with van der Waals surface area (Å²) >= 11 is 0. The molecule has 24 heavy (non-hydrogen) atoms. The number of fused-ring (bicyclic) bond motifs is 3. The van der Waals surface area contributed by atoms with Crippen molar-refractivity contribution in [3.05, 3.63) is 53.6 Å². The first-order chi connectivity index (χ1) is 11.7. The van der Waals surface area contributed by atoms with Crippen molar-refractivity contribution in [2.75, 3.05) is 0 Å². The van der Waals surface area contributed by atoms with Crippen LogP contribution in [0.15, 0.2) is 46.9 Å². The fourth-order valence-corrected chi connectivity index (χ4v) is 3.57. The van der Waals surface area contributed by atoms with Gasteiger partial charge in [0.25, 0.3) is 5.91 Å². The molecule has 122 valence electrons. The van der Waals surface area contributed by atoms with Gasteiger partial charge in [-0.2, -0.15) is 0 Å². The first-order valence-corrected chi connectivity index (χ1v) is 8.53. The number of benzene rings is 2. The van der Waals surface area contributed by atoms with E-state index in [2.05, 4.69) is 5.32 Å². The largest absolute Gasteiger partial charge is 0.438 e. The van der Waals surface area contributed by atoms with Crippen LogP contribution in [0.1, 0.15) is 42.5 Å². The van der Waals surface area contributed by atoms with Crippen molar-refractivity contribution in [2.24, 2.45) is 0 Å². The molecule has 1 heterocycles. The Morgan fingerprint density at radius 3 is 2.67 bits per heavy atom. The third-order valence-corrected chi connectivity index (χ3v) is 4.86. The lowest BCUT2D eigenvalue weighted by atomic mass is 9.95. The number of nitrogens with one attached hydrogen (secondary N) is 2. The Balaban J connectivity index is 1.77. The maximum atomic E-state index is 12.6. The smallest absolute Gasteiger partial charge is 0.257 e. The van der Waals surface area contributed by atoms with E-state index < -0.39 is 0 Å². The molecule has 0 bridgehead atoms. The van der Waals surface area contributed by atoms with E-state index >= 15 is 0 Å². The lowest BCUT2D eigenvalue weighted by Crippen LogP contribution is -2.38. The molecular weight excluding hydrogens is 300 g/mol. The molecule has 4 rings (SSSR count). The maximum Gasteiger partial charge on any atom is 0.257 e. The Bertz CT molecular complexity index is 968. The normalized spacial score (nSPS) is 15.7. The number of hydrogen-bond acceptors (Lipinski definition) is 3. The van der Waals surface area contributed by atoms with Gasteiger partial charge in [0.05, 0.1) is 0 Å². The Morgan fingerprint density at radius 1 is 1.04 bits per heavy atom. The van der Waals surface area contributed by atoms with Crippen LogP contribution in [-0.4, -0.2) is 11.9 Å². The van der Waals surface area contributed by atoms with Gasteiger partial charge in [0.2, 0.25) is 5.55 Å². The lowest BCUT2D eigenvalue weighted by Gasteiger charge is -2.22. The highest BCUT2D eigenvalue weighted by molar-refractivity contribution is 6.07. The maximum absolute atomic E-state index is 12.6. The van der Waals surface area contributed by atoms with Crippen molar-refractivity contribution < 1.29 is 9.21 Å². The topological polar surface area (TPSA) is 66.1 Å². The minimum Gasteiger partial charge on any atom is -0.438 e. The molecule has 0 radical (unpaired) electrons. The molecule has 1 fully saturated rings. The van der Waals surface area contributed by atoms with Crippen molar-refractivity contribution in [3.63, 3.8) is 0 Å². The Morgan fingerprint density at radius 2 is 1.83 bits per heavy atom. The van der Waals surface area contributed by atoms with E-state index in [1.807, 2.05) is 36.4 Å². The zero-order valence-electron chi connectivity index (χ0n) is 13.5. The average Bonchev–Trinajstić information content (AvgIpc) is 2.61. The monoisotopic (exact) mass is 320 g/mol. The molecule has 3 aromatic rings. The molecule has 4 nitrogen and oxygen atoms in total. The third kappa shape index (κ3) is 2.68. The molecule has 1 aliphatic carbocycles. The summed E-state index contributed by atoms with van der Waals surface area (Å²) in [6, 6.07) is 13.8. The van der Waals surface area contributed by atoms with Crippen LogP contribution in [-0.2, 0) is 0 Å². The quantitative estimate of drug-likeness (QED) is 0.697. The van der Waals surface area contributed by atoms with Gasteiger partial charge in [-0.05, 0) is 35.7 Å². The van der Waals surface area contributed by atoms with Crippen LogP contribution in [0.25, 0.3) is 21.7 Å². The molecule has 4 heteroatoms. The van der Waals surface area contributed by atoms with Gasteiger partial charge in [-0.3, -0.25) is 10.2 Å². The highest BCUT2D eigenvalue weighted by atomic mass is 16.3.